The van der Waals surface area contributed by atoms with E-state index in [1.165, 1.54) is 20.8 Å². The maximum atomic E-state index is 11.6. The number of hydrogen-bond acceptors (Lipinski definition) is 8. The molecule has 0 saturated carbocycles. The number of allylic oxidation sites excluding steroid dienone is 2. The van der Waals surface area contributed by atoms with Gasteiger partial charge >= 0.3 is 18.6 Å². The van der Waals surface area contributed by atoms with Crippen molar-refractivity contribution < 1.29 is 32.9 Å². The van der Waals surface area contributed by atoms with Crippen LogP contribution in [0.4, 0.5) is 0 Å². The number of rotatable bonds is 9. The summed E-state index contributed by atoms with van der Waals surface area (Å²) in [7, 11) is 0. The molecule has 1 N–H and O–H groups in total. The van der Waals surface area contributed by atoms with Crippen LogP contribution in [-0.4, -0.2) is 30.1 Å². The van der Waals surface area contributed by atoms with Gasteiger partial charge in [0.1, 0.15) is 11.5 Å². The van der Waals surface area contributed by atoms with E-state index >= 15 is 0 Å². The minimum absolute atomic E-state index is 0.102. The second-order valence-corrected chi connectivity index (χ2v) is 8.86. The second-order valence-electron chi connectivity index (χ2n) is 5.83. The Hall–Kier alpha value is -1.86. The van der Waals surface area contributed by atoms with E-state index in [0.29, 0.717) is 0 Å². The van der Waals surface area contributed by atoms with Crippen molar-refractivity contribution >= 4 is 36.3 Å². The van der Waals surface area contributed by atoms with Gasteiger partial charge in [0.05, 0.1) is 24.4 Å². The Bertz CT molecular complexity index is 597. The molecule has 148 valence electrons. The summed E-state index contributed by atoms with van der Waals surface area (Å²) in [6.45, 7) is 7.62. The average Bonchev–Trinajstić information content (AvgIpc) is 2.32. The van der Waals surface area contributed by atoms with E-state index in [2.05, 4.69) is 5.09 Å². The SMILES string of the molecule is CC(=O)NP(=S)(O/C(C)=C/C(=O)OC(C)C)O/C(C)=C/C(=O)OC(C)C. The molecular weight excluding hydrogens is 381 g/mol. The molecule has 0 bridgehead atoms. The van der Waals surface area contributed by atoms with Crippen LogP contribution >= 0.6 is 6.64 Å². The molecule has 8 nitrogen and oxygen atoms in total. The molecule has 0 aromatic heterocycles. The van der Waals surface area contributed by atoms with Crippen molar-refractivity contribution in [2.24, 2.45) is 0 Å². The molecule has 0 aliphatic rings. The van der Waals surface area contributed by atoms with Crippen LogP contribution in [0.5, 0.6) is 0 Å². The summed E-state index contributed by atoms with van der Waals surface area (Å²) < 4.78 is 20.9. The number of nitrogens with one attached hydrogen (secondary N) is 1. The van der Waals surface area contributed by atoms with E-state index in [-0.39, 0.29) is 23.7 Å². The minimum atomic E-state index is -3.39. The molecule has 0 fully saturated rings. The molecule has 0 unspecified atom stereocenters. The Morgan fingerprint density at radius 1 is 0.846 bits per heavy atom. The Kier molecular flexibility index (Phi) is 10.2. The van der Waals surface area contributed by atoms with Crippen LogP contribution in [0.15, 0.2) is 23.7 Å². The van der Waals surface area contributed by atoms with E-state index < -0.39 is 24.5 Å². The standard InChI is InChI=1S/C16H26NO7PS/c1-10(2)21-15(19)8-12(5)23-25(26,17-14(7)18)24-13(6)9-16(20)22-11(3)4/h8-11H,1-7H3,(H,17,18,26)/b12-8+,13-9+. The van der Waals surface area contributed by atoms with Crippen molar-refractivity contribution in [2.45, 2.75) is 60.7 Å². The fraction of sp³-hybridized carbons (Fsp3) is 0.562. The zero-order valence-corrected chi connectivity index (χ0v) is 17.7. The van der Waals surface area contributed by atoms with Crippen LogP contribution < -0.4 is 5.09 Å². The van der Waals surface area contributed by atoms with Gasteiger partial charge in [-0.15, -0.1) is 0 Å². The van der Waals surface area contributed by atoms with Gasteiger partial charge in [0.15, 0.2) is 0 Å². The Labute approximate surface area is 159 Å². The topological polar surface area (TPSA) is 100 Å². The summed E-state index contributed by atoms with van der Waals surface area (Å²) >= 11 is 5.26. The molecule has 0 rings (SSSR count). The highest BCUT2D eigenvalue weighted by Gasteiger charge is 2.25. The van der Waals surface area contributed by atoms with Gasteiger partial charge in [-0.25, -0.2) is 9.59 Å². The Balaban J connectivity index is 5.26. The van der Waals surface area contributed by atoms with Crippen molar-refractivity contribution in [3.8, 4) is 0 Å². The van der Waals surface area contributed by atoms with E-state index in [1.807, 2.05) is 0 Å². The van der Waals surface area contributed by atoms with Crippen LogP contribution in [0.1, 0.15) is 48.5 Å². The van der Waals surface area contributed by atoms with E-state index in [4.69, 9.17) is 30.3 Å². The van der Waals surface area contributed by atoms with Gasteiger partial charge in [0, 0.05) is 18.7 Å². The monoisotopic (exact) mass is 407 g/mol. The van der Waals surface area contributed by atoms with Crippen LogP contribution in [0.25, 0.3) is 0 Å². The van der Waals surface area contributed by atoms with Crippen LogP contribution in [0.3, 0.4) is 0 Å². The van der Waals surface area contributed by atoms with Gasteiger partial charge in [-0.2, -0.15) is 0 Å². The number of ether oxygens (including phenoxy) is 2. The lowest BCUT2D eigenvalue weighted by molar-refractivity contribution is -0.142. The lowest BCUT2D eigenvalue weighted by Crippen LogP contribution is -2.19. The van der Waals surface area contributed by atoms with Crippen LogP contribution in [0.2, 0.25) is 0 Å². The lowest BCUT2D eigenvalue weighted by atomic mass is 10.4. The highest BCUT2D eigenvalue weighted by Crippen LogP contribution is 2.48. The van der Waals surface area contributed by atoms with Crippen molar-refractivity contribution in [2.75, 3.05) is 0 Å². The molecule has 0 aromatic carbocycles. The summed E-state index contributed by atoms with van der Waals surface area (Å²) in [6, 6.07) is 0. The van der Waals surface area contributed by atoms with E-state index in [9.17, 15) is 14.4 Å². The van der Waals surface area contributed by atoms with Gasteiger partial charge in [-0.3, -0.25) is 9.88 Å². The molecule has 0 aliphatic heterocycles. The van der Waals surface area contributed by atoms with Crippen molar-refractivity contribution in [1.29, 1.82) is 0 Å². The highest BCUT2D eigenvalue weighted by atomic mass is 32.5. The third kappa shape index (κ3) is 11.7. The first kappa shape index (κ1) is 24.1. The summed E-state index contributed by atoms with van der Waals surface area (Å²) in [5, 5.41) is 2.40. The largest absolute Gasteiger partial charge is 0.460 e. The predicted molar refractivity (Wildman–Crippen MR) is 100 cm³/mol. The fourth-order valence-electron chi connectivity index (χ4n) is 1.55. The Morgan fingerprint density at radius 3 is 1.46 bits per heavy atom. The molecule has 0 aromatic rings. The van der Waals surface area contributed by atoms with Gasteiger partial charge in [0.2, 0.25) is 5.91 Å². The molecule has 0 spiro atoms. The molecule has 0 heterocycles. The number of esters is 2. The van der Waals surface area contributed by atoms with Crippen LogP contribution in [-0.2, 0) is 44.7 Å². The normalized spacial score (nSPS) is 12.7. The van der Waals surface area contributed by atoms with Crippen molar-refractivity contribution in [1.82, 2.24) is 5.09 Å². The molecule has 26 heavy (non-hydrogen) atoms. The molecule has 0 saturated heterocycles. The molecule has 0 aliphatic carbocycles. The van der Waals surface area contributed by atoms with Gasteiger partial charge < -0.3 is 18.5 Å². The summed E-state index contributed by atoms with van der Waals surface area (Å²) in [5.41, 5.74) is 0. The van der Waals surface area contributed by atoms with Crippen molar-refractivity contribution in [3.05, 3.63) is 23.7 Å². The van der Waals surface area contributed by atoms with E-state index in [1.54, 1.807) is 27.7 Å². The van der Waals surface area contributed by atoms with Gasteiger partial charge in [0.25, 0.3) is 0 Å². The molecule has 1 amide bonds. The zero-order chi connectivity index (χ0) is 20.5. The predicted octanol–water partition coefficient (Wildman–Crippen LogP) is 3.09. The first-order valence-electron chi connectivity index (χ1n) is 7.89. The van der Waals surface area contributed by atoms with E-state index in [0.717, 1.165) is 12.2 Å². The second kappa shape index (κ2) is 11.0. The molecule has 0 atom stereocenters. The third-order valence-electron chi connectivity index (χ3n) is 2.17. The van der Waals surface area contributed by atoms with Crippen molar-refractivity contribution in [3.63, 3.8) is 0 Å². The maximum absolute atomic E-state index is 11.6. The number of carbonyl (C=O) groups excluding carboxylic acids is 3. The fourth-order valence-corrected chi connectivity index (χ4v) is 4.02. The summed E-state index contributed by atoms with van der Waals surface area (Å²) in [6.07, 6.45) is 1.60. The van der Waals surface area contributed by atoms with Crippen LogP contribution in [0, 0.1) is 0 Å². The summed E-state index contributed by atoms with van der Waals surface area (Å²) in [5.74, 6) is -1.51. The molecular formula is C16H26NO7PS. The van der Waals surface area contributed by atoms with Gasteiger partial charge in [-0.05, 0) is 41.5 Å². The lowest BCUT2D eigenvalue weighted by Gasteiger charge is -2.23. The maximum Gasteiger partial charge on any atom is 0.394 e. The number of carbonyl (C=O) groups is 3. The molecule has 0 radical (unpaired) electrons. The smallest absolute Gasteiger partial charge is 0.394 e. The first-order valence-corrected chi connectivity index (χ1v) is 10.5. The quantitative estimate of drug-likeness (QED) is 0.269. The number of amides is 1. The average molecular weight is 407 g/mol. The number of hydrogen-bond donors (Lipinski definition) is 1. The minimum Gasteiger partial charge on any atom is -0.460 e. The first-order chi connectivity index (χ1) is 11.8. The Morgan fingerprint density at radius 2 is 1.19 bits per heavy atom. The third-order valence-corrected chi connectivity index (χ3v) is 4.54. The summed E-state index contributed by atoms with van der Waals surface area (Å²) in [4.78, 5) is 34.7. The zero-order valence-electron chi connectivity index (χ0n) is 16.0. The van der Waals surface area contributed by atoms with Gasteiger partial charge in [-0.1, -0.05) is 0 Å². The molecule has 10 heteroatoms. The highest BCUT2D eigenvalue weighted by molar-refractivity contribution is 8.09.